The Balaban J connectivity index is 1.57. The first kappa shape index (κ1) is 28.3. The Hall–Kier alpha value is -2.74. The average Bonchev–Trinajstić information content (AvgIpc) is 2.91. The molecule has 0 spiro atoms. The van der Waals surface area contributed by atoms with Crippen LogP contribution in [0.3, 0.4) is 0 Å². The first-order chi connectivity index (χ1) is 18.2. The van der Waals surface area contributed by atoms with Crippen LogP contribution >= 0.6 is 0 Å². The second-order valence-corrected chi connectivity index (χ2v) is 12.4. The van der Waals surface area contributed by atoms with Crippen molar-refractivity contribution < 1.29 is 4.57 Å². The number of allylic oxidation sites excluding steroid dienone is 3. The highest BCUT2D eigenvalue weighted by Crippen LogP contribution is 2.40. The average molecular weight is 510 g/mol. The number of nitrogens with zero attached hydrogens (tertiary/aromatic N) is 2. The number of aryl methyl sites for hydroxylation is 1. The van der Waals surface area contributed by atoms with Crippen molar-refractivity contribution in [3.63, 3.8) is 0 Å². The topological polar surface area (TPSA) is 16.2 Å². The fraction of sp³-hybridized carbons (Fsp3) is 0.500. The van der Waals surface area contributed by atoms with E-state index in [4.69, 9.17) is 4.99 Å². The van der Waals surface area contributed by atoms with Gasteiger partial charge in [-0.3, -0.25) is 4.99 Å². The van der Waals surface area contributed by atoms with Crippen molar-refractivity contribution in [3.8, 4) is 0 Å². The molecule has 2 heterocycles. The summed E-state index contributed by atoms with van der Waals surface area (Å²) in [5.74, 6) is 1.81. The van der Waals surface area contributed by atoms with Crippen LogP contribution in [0.2, 0.25) is 0 Å². The summed E-state index contributed by atoms with van der Waals surface area (Å²) in [6.07, 6.45) is 18.7. The number of hydrogen-bond acceptors (Lipinski definition) is 1. The minimum absolute atomic E-state index is 0.152. The van der Waals surface area contributed by atoms with E-state index in [1.54, 1.807) is 0 Å². The molecule has 2 heteroatoms. The number of aliphatic imine (C=N–C) groups is 1. The quantitative estimate of drug-likeness (QED) is 0.224. The molecule has 1 saturated carbocycles. The Morgan fingerprint density at radius 3 is 2.58 bits per heavy atom. The number of aromatic nitrogens is 1. The molecule has 1 fully saturated rings. The smallest absolute Gasteiger partial charge is 0.184 e. The number of hydrogen-bond donors (Lipinski definition) is 0. The predicted octanol–water partition coefficient (Wildman–Crippen LogP) is 9.35. The monoisotopic (exact) mass is 509 g/mol. The van der Waals surface area contributed by atoms with Gasteiger partial charge in [0.1, 0.15) is 0 Å². The Kier molecular flexibility index (Phi) is 9.23. The molecule has 3 atom stereocenters. The maximum atomic E-state index is 5.28. The van der Waals surface area contributed by atoms with Crippen LogP contribution in [-0.4, -0.2) is 11.8 Å². The van der Waals surface area contributed by atoms with Gasteiger partial charge in [-0.2, -0.15) is 4.57 Å². The molecule has 0 amide bonds. The van der Waals surface area contributed by atoms with Gasteiger partial charge in [0.05, 0.1) is 18.2 Å². The number of benzene rings is 1. The van der Waals surface area contributed by atoms with E-state index in [2.05, 4.69) is 107 Å². The van der Waals surface area contributed by atoms with Gasteiger partial charge in [-0.1, -0.05) is 83.0 Å². The van der Waals surface area contributed by atoms with Crippen molar-refractivity contribution in [2.75, 3.05) is 0 Å². The van der Waals surface area contributed by atoms with Gasteiger partial charge in [0.2, 0.25) is 0 Å². The van der Waals surface area contributed by atoms with Gasteiger partial charge in [0.15, 0.2) is 17.6 Å². The molecule has 0 radical (unpaired) electrons. The van der Waals surface area contributed by atoms with E-state index in [-0.39, 0.29) is 11.5 Å². The highest BCUT2D eigenvalue weighted by molar-refractivity contribution is 6.10. The zero-order valence-electron chi connectivity index (χ0n) is 24.5. The van der Waals surface area contributed by atoms with Gasteiger partial charge >= 0.3 is 0 Å². The van der Waals surface area contributed by atoms with E-state index in [0.717, 1.165) is 36.6 Å². The number of pyridine rings is 1. The van der Waals surface area contributed by atoms with Crippen molar-refractivity contribution in [1.82, 2.24) is 0 Å². The molecule has 4 rings (SSSR count). The van der Waals surface area contributed by atoms with Crippen LogP contribution in [0.15, 0.2) is 79.0 Å². The van der Waals surface area contributed by atoms with Crippen LogP contribution in [0.4, 0.5) is 0 Å². The van der Waals surface area contributed by atoms with Crippen LogP contribution < -0.4 is 4.57 Å². The maximum Gasteiger partial charge on any atom is 0.184 e. The molecule has 2 aliphatic rings. The lowest BCUT2D eigenvalue weighted by atomic mass is 9.76. The SMILES string of the molecule is C=CC1=NC(CC(=C)[n+]2ccc(C(C)C3CCCCC3)cc2C)C(CCC(C)(C)/C=C\C)c2ccccc21. The molecule has 2 aromatic rings. The van der Waals surface area contributed by atoms with E-state index < -0.39 is 0 Å². The molecule has 38 heavy (non-hydrogen) atoms. The summed E-state index contributed by atoms with van der Waals surface area (Å²) in [6.45, 7) is 20.1. The van der Waals surface area contributed by atoms with Gasteiger partial charge in [0.25, 0.3) is 0 Å². The molecule has 0 saturated heterocycles. The Morgan fingerprint density at radius 1 is 1.16 bits per heavy atom. The van der Waals surface area contributed by atoms with E-state index >= 15 is 0 Å². The second-order valence-electron chi connectivity index (χ2n) is 12.4. The molecule has 2 nitrogen and oxygen atoms in total. The van der Waals surface area contributed by atoms with Gasteiger partial charge in [0, 0.05) is 30.5 Å². The van der Waals surface area contributed by atoms with Crippen LogP contribution in [-0.2, 0) is 0 Å². The fourth-order valence-electron chi connectivity index (χ4n) is 6.88. The zero-order valence-corrected chi connectivity index (χ0v) is 24.5. The van der Waals surface area contributed by atoms with Gasteiger partial charge < -0.3 is 0 Å². The van der Waals surface area contributed by atoms with E-state index in [9.17, 15) is 0 Å². The van der Waals surface area contributed by atoms with Crippen molar-refractivity contribution in [3.05, 3.63) is 96.4 Å². The number of fused-ring (bicyclic) bond motifs is 1. The Labute approximate surface area is 232 Å². The fourth-order valence-corrected chi connectivity index (χ4v) is 6.88. The highest BCUT2D eigenvalue weighted by atomic mass is 15.0. The second kappa shape index (κ2) is 12.4. The molecular formula is C36H49N2+. The lowest BCUT2D eigenvalue weighted by molar-refractivity contribution is -0.590. The lowest BCUT2D eigenvalue weighted by Gasteiger charge is -2.33. The zero-order chi connectivity index (χ0) is 27.3. The summed E-state index contributed by atoms with van der Waals surface area (Å²) in [7, 11) is 0. The normalized spacial score (nSPS) is 21.1. The van der Waals surface area contributed by atoms with Crippen LogP contribution in [0.5, 0.6) is 0 Å². The summed E-state index contributed by atoms with van der Waals surface area (Å²) in [5, 5.41) is 0. The third-order valence-electron chi connectivity index (χ3n) is 9.16. The summed E-state index contributed by atoms with van der Waals surface area (Å²) >= 11 is 0. The molecule has 1 aromatic heterocycles. The van der Waals surface area contributed by atoms with E-state index in [0.29, 0.717) is 11.8 Å². The molecule has 0 N–H and O–H groups in total. The predicted molar refractivity (Wildman–Crippen MR) is 164 cm³/mol. The molecule has 1 aliphatic heterocycles. The largest absolute Gasteiger partial charge is 0.280 e. The molecule has 202 valence electrons. The van der Waals surface area contributed by atoms with Crippen LogP contribution in [0, 0.1) is 18.3 Å². The third-order valence-corrected chi connectivity index (χ3v) is 9.16. The van der Waals surface area contributed by atoms with Gasteiger partial charge in [-0.15, -0.1) is 0 Å². The van der Waals surface area contributed by atoms with E-state index in [1.807, 2.05) is 6.08 Å². The molecule has 0 bridgehead atoms. The van der Waals surface area contributed by atoms with Crippen molar-refractivity contribution in [1.29, 1.82) is 0 Å². The summed E-state index contributed by atoms with van der Waals surface area (Å²) in [4.78, 5) is 5.28. The third kappa shape index (κ3) is 6.45. The Morgan fingerprint density at radius 2 is 1.89 bits per heavy atom. The first-order valence-corrected chi connectivity index (χ1v) is 14.9. The number of rotatable bonds is 10. The van der Waals surface area contributed by atoms with Crippen molar-refractivity contribution in [2.24, 2.45) is 16.3 Å². The van der Waals surface area contributed by atoms with E-state index in [1.165, 1.54) is 54.5 Å². The first-order valence-electron chi connectivity index (χ1n) is 14.9. The lowest BCUT2D eigenvalue weighted by Crippen LogP contribution is -2.38. The Bertz CT molecular complexity index is 1190. The summed E-state index contributed by atoms with van der Waals surface area (Å²) in [6, 6.07) is 13.7. The molecule has 3 unspecified atom stereocenters. The minimum Gasteiger partial charge on any atom is -0.280 e. The van der Waals surface area contributed by atoms with Crippen molar-refractivity contribution >= 4 is 11.4 Å². The maximum absolute atomic E-state index is 5.28. The molecule has 1 aromatic carbocycles. The minimum atomic E-state index is 0.152. The molecule has 1 aliphatic carbocycles. The highest BCUT2D eigenvalue weighted by Gasteiger charge is 2.33. The summed E-state index contributed by atoms with van der Waals surface area (Å²) < 4.78 is 2.29. The van der Waals surface area contributed by atoms with Crippen LogP contribution in [0.25, 0.3) is 5.70 Å². The van der Waals surface area contributed by atoms with Gasteiger partial charge in [-0.05, 0) is 73.6 Å². The van der Waals surface area contributed by atoms with Crippen LogP contribution in [0.1, 0.15) is 113 Å². The van der Waals surface area contributed by atoms with Crippen molar-refractivity contribution in [2.45, 2.75) is 104 Å². The standard InChI is InChI=1S/C36H49N2/c1-8-21-36(6,7)22-19-33-31-17-13-14-18-32(31)34(9-2)37-35(33)25-27(4)38-23-20-30(24-26(38)3)28(5)29-15-11-10-12-16-29/h8-9,13-14,17-18,20-21,23-24,28-29,33,35H,2,4,10-12,15-16,19,22,25H2,1,3,5-7H3/q+1/b21-8-. The summed E-state index contributed by atoms with van der Waals surface area (Å²) in [5.41, 5.74) is 7.69. The van der Waals surface area contributed by atoms with Gasteiger partial charge in [-0.25, -0.2) is 0 Å². The molecular weight excluding hydrogens is 460 g/mol.